The van der Waals surface area contributed by atoms with Gasteiger partial charge >= 0.3 is 0 Å². The number of pyridine rings is 2. The second-order valence-electron chi connectivity index (χ2n) is 8.14. The molecule has 6 rings (SSSR count). The number of ether oxygens (including phenoxy) is 2. The molecule has 0 bridgehead atoms. The van der Waals surface area contributed by atoms with Crippen molar-refractivity contribution in [1.29, 1.82) is 0 Å². The van der Waals surface area contributed by atoms with Crippen LogP contribution in [0.5, 0.6) is 11.5 Å². The van der Waals surface area contributed by atoms with Gasteiger partial charge in [-0.2, -0.15) is 5.10 Å². The summed E-state index contributed by atoms with van der Waals surface area (Å²) in [5, 5.41) is 9.32. The van der Waals surface area contributed by atoms with Crippen LogP contribution in [0, 0.1) is 5.82 Å². The first-order valence-corrected chi connectivity index (χ1v) is 10.9. The molecule has 2 N–H and O–H groups in total. The van der Waals surface area contributed by atoms with Crippen molar-refractivity contribution in [3.8, 4) is 45.1 Å². The topological polar surface area (TPSA) is 88.7 Å². The van der Waals surface area contributed by atoms with Gasteiger partial charge in [-0.1, -0.05) is 12.1 Å². The summed E-state index contributed by atoms with van der Waals surface area (Å²) < 4.78 is 24.8. The van der Waals surface area contributed by atoms with Gasteiger partial charge in [0.05, 0.1) is 31.8 Å². The molecular formula is C27H20FN5O2. The van der Waals surface area contributed by atoms with Crippen LogP contribution in [0.4, 0.5) is 4.39 Å². The smallest absolute Gasteiger partial charge is 0.181 e. The van der Waals surface area contributed by atoms with E-state index in [9.17, 15) is 4.39 Å². The van der Waals surface area contributed by atoms with E-state index in [-0.39, 0.29) is 5.82 Å². The quantitative estimate of drug-likeness (QED) is 0.326. The molecule has 6 aromatic rings. The van der Waals surface area contributed by atoms with Gasteiger partial charge in [-0.3, -0.25) is 10.1 Å². The molecule has 0 aliphatic heterocycles. The van der Waals surface area contributed by atoms with Gasteiger partial charge in [-0.15, -0.1) is 0 Å². The Kier molecular flexibility index (Phi) is 4.92. The number of aromatic nitrogens is 5. The van der Waals surface area contributed by atoms with Gasteiger partial charge in [-0.05, 0) is 47.5 Å². The molecule has 4 heterocycles. The lowest BCUT2D eigenvalue weighted by Gasteiger charge is -2.07. The Morgan fingerprint density at radius 3 is 2.49 bits per heavy atom. The van der Waals surface area contributed by atoms with Crippen LogP contribution < -0.4 is 9.47 Å². The fourth-order valence-electron chi connectivity index (χ4n) is 4.33. The Bertz CT molecular complexity index is 1710. The summed E-state index contributed by atoms with van der Waals surface area (Å²) in [6.07, 6.45) is 5.20. The Hall–Kier alpha value is -4.72. The van der Waals surface area contributed by atoms with E-state index in [0.29, 0.717) is 17.1 Å². The normalized spacial score (nSPS) is 11.3. The Balaban J connectivity index is 1.48. The van der Waals surface area contributed by atoms with Crippen LogP contribution in [0.1, 0.15) is 0 Å². The van der Waals surface area contributed by atoms with E-state index in [1.54, 1.807) is 25.7 Å². The Morgan fingerprint density at radius 2 is 1.63 bits per heavy atom. The van der Waals surface area contributed by atoms with Crippen molar-refractivity contribution < 1.29 is 13.9 Å². The van der Waals surface area contributed by atoms with E-state index in [2.05, 4.69) is 25.1 Å². The van der Waals surface area contributed by atoms with Crippen molar-refractivity contribution in [3.63, 3.8) is 0 Å². The molecule has 0 amide bonds. The second-order valence-corrected chi connectivity index (χ2v) is 8.14. The number of hydrogen-bond donors (Lipinski definition) is 2. The maximum Gasteiger partial charge on any atom is 0.181 e. The lowest BCUT2D eigenvalue weighted by molar-refractivity contribution is 0.411. The summed E-state index contributed by atoms with van der Waals surface area (Å²) >= 11 is 0. The fourth-order valence-corrected chi connectivity index (χ4v) is 4.33. The molecular weight excluding hydrogens is 445 g/mol. The third-order valence-corrected chi connectivity index (χ3v) is 6.04. The van der Waals surface area contributed by atoms with Crippen molar-refractivity contribution in [3.05, 3.63) is 79.0 Å². The number of methoxy groups -OCH3 is 2. The zero-order valence-electron chi connectivity index (χ0n) is 19.0. The van der Waals surface area contributed by atoms with Crippen LogP contribution in [0.15, 0.2) is 73.2 Å². The molecule has 0 aliphatic carbocycles. The average Bonchev–Trinajstić information content (AvgIpc) is 3.51. The predicted octanol–water partition coefficient (Wildman–Crippen LogP) is 5.99. The predicted molar refractivity (Wildman–Crippen MR) is 133 cm³/mol. The van der Waals surface area contributed by atoms with Gasteiger partial charge in [0.2, 0.25) is 0 Å². The third kappa shape index (κ3) is 3.65. The van der Waals surface area contributed by atoms with Crippen LogP contribution in [0.2, 0.25) is 0 Å². The highest BCUT2D eigenvalue weighted by atomic mass is 19.1. The molecule has 0 atom stereocenters. The van der Waals surface area contributed by atoms with E-state index in [0.717, 1.165) is 49.9 Å². The van der Waals surface area contributed by atoms with Crippen molar-refractivity contribution in [1.82, 2.24) is 25.1 Å². The maximum atomic E-state index is 14.2. The monoisotopic (exact) mass is 465 g/mol. The molecule has 172 valence electrons. The number of hydrogen-bond acceptors (Lipinski definition) is 5. The highest BCUT2D eigenvalue weighted by Gasteiger charge is 2.15. The molecule has 0 saturated heterocycles. The van der Waals surface area contributed by atoms with Gasteiger partial charge in [0.1, 0.15) is 17.3 Å². The summed E-state index contributed by atoms with van der Waals surface area (Å²) in [5.74, 6) is 0.794. The molecule has 0 radical (unpaired) electrons. The van der Waals surface area contributed by atoms with Gasteiger partial charge in [0.25, 0.3) is 0 Å². The maximum absolute atomic E-state index is 14.2. The number of fused-ring (bicyclic) bond motifs is 2. The highest BCUT2D eigenvalue weighted by Crippen LogP contribution is 2.36. The largest absolute Gasteiger partial charge is 0.497 e. The van der Waals surface area contributed by atoms with Crippen molar-refractivity contribution in [2.24, 2.45) is 0 Å². The van der Waals surface area contributed by atoms with Gasteiger partial charge < -0.3 is 14.5 Å². The number of halogens is 1. The minimum atomic E-state index is -0.350. The van der Waals surface area contributed by atoms with Crippen LogP contribution >= 0.6 is 0 Å². The van der Waals surface area contributed by atoms with Crippen molar-refractivity contribution in [2.75, 3.05) is 14.2 Å². The van der Waals surface area contributed by atoms with E-state index in [4.69, 9.17) is 9.47 Å². The Labute approximate surface area is 199 Å². The van der Waals surface area contributed by atoms with E-state index < -0.39 is 0 Å². The average molecular weight is 465 g/mol. The van der Waals surface area contributed by atoms with Gasteiger partial charge in [-0.25, -0.2) is 9.37 Å². The molecule has 35 heavy (non-hydrogen) atoms. The molecule has 8 heteroatoms. The van der Waals surface area contributed by atoms with E-state index in [1.807, 2.05) is 42.5 Å². The van der Waals surface area contributed by atoms with Crippen molar-refractivity contribution in [2.45, 2.75) is 0 Å². The summed E-state index contributed by atoms with van der Waals surface area (Å²) in [5.41, 5.74) is 6.61. The summed E-state index contributed by atoms with van der Waals surface area (Å²) in [7, 11) is 3.14. The van der Waals surface area contributed by atoms with Crippen molar-refractivity contribution >= 4 is 21.9 Å². The number of nitrogens with one attached hydrogen (secondary N) is 2. The number of nitrogens with zero attached hydrogens (tertiary/aromatic N) is 3. The molecule has 2 aromatic carbocycles. The van der Waals surface area contributed by atoms with Gasteiger partial charge in [0.15, 0.2) is 5.65 Å². The molecule has 0 spiro atoms. The van der Waals surface area contributed by atoms with Crippen LogP contribution in [0.3, 0.4) is 0 Å². The standard InChI is InChI=1S/C27H20FN5O2/c1-34-19-7-15(6-18(28)10-19)21-4-3-5-24-22(21)11-25(31-24)26-23-9-17(13-30-27(23)33-32-26)16-8-20(35-2)14-29-12-16/h3-14,31H,1-2H3,(H,30,32,33). The summed E-state index contributed by atoms with van der Waals surface area (Å²) in [6.45, 7) is 0. The summed E-state index contributed by atoms with van der Waals surface area (Å²) in [4.78, 5) is 12.2. The first-order valence-electron chi connectivity index (χ1n) is 10.9. The Morgan fingerprint density at radius 1 is 0.800 bits per heavy atom. The molecule has 4 aromatic heterocycles. The lowest BCUT2D eigenvalue weighted by atomic mass is 10.0. The van der Waals surface area contributed by atoms with Crippen LogP contribution in [0.25, 0.3) is 55.6 Å². The molecule has 0 saturated carbocycles. The molecule has 0 aliphatic rings. The minimum Gasteiger partial charge on any atom is -0.497 e. The van der Waals surface area contributed by atoms with Crippen LogP contribution in [-0.2, 0) is 0 Å². The lowest BCUT2D eigenvalue weighted by Crippen LogP contribution is -1.87. The summed E-state index contributed by atoms with van der Waals surface area (Å²) in [6, 6.07) is 16.6. The first-order chi connectivity index (χ1) is 17.1. The molecule has 7 nitrogen and oxygen atoms in total. The highest BCUT2D eigenvalue weighted by molar-refractivity contribution is 6.01. The van der Waals surface area contributed by atoms with Crippen LogP contribution in [-0.4, -0.2) is 39.4 Å². The van der Waals surface area contributed by atoms with Gasteiger partial charge in [0, 0.05) is 45.9 Å². The van der Waals surface area contributed by atoms with E-state index in [1.165, 1.54) is 19.2 Å². The zero-order valence-corrected chi connectivity index (χ0v) is 19.0. The zero-order chi connectivity index (χ0) is 23.9. The number of rotatable bonds is 5. The third-order valence-electron chi connectivity index (χ3n) is 6.04. The number of aromatic amines is 2. The number of H-pyrrole nitrogens is 2. The fraction of sp³-hybridized carbons (Fsp3) is 0.0741. The number of benzene rings is 2. The molecule has 0 unspecified atom stereocenters. The second kappa shape index (κ2) is 8.25. The SMILES string of the molecule is COc1cncc(-c2cnc3n[nH]c(-c4cc5c(-c6cc(F)cc(OC)c6)cccc5[nH]4)c3c2)c1. The molecule has 0 fully saturated rings. The minimum absolute atomic E-state index is 0.350. The van der Waals surface area contributed by atoms with E-state index >= 15 is 0 Å². The first kappa shape index (κ1) is 20.9.